The third kappa shape index (κ3) is 2.66. The van der Waals surface area contributed by atoms with Gasteiger partial charge in [0.15, 0.2) is 0 Å². The highest BCUT2D eigenvalue weighted by molar-refractivity contribution is 6.30. The first-order valence-corrected chi connectivity index (χ1v) is 4.51. The summed E-state index contributed by atoms with van der Waals surface area (Å²) < 4.78 is 0. The molecule has 1 aromatic heterocycles. The van der Waals surface area contributed by atoms with Gasteiger partial charge in [0.1, 0.15) is 0 Å². The monoisotopic (exact) mass is 200 g/mol. The van der Waals surface area contributed by atoms with Crippen molar-refractivity contribution in [3.05, 3.63) is 29.0 Å². The number of hydrogen-bond acceptors (Lipinski definition) is 3. The van der Waals surface area contributed by atoms with Gasteiger partial charge in [0.25, 0.3) is 0 Å². The second-order valence-electron chi connectivity index (χ2n) is 3.09. The number of nitrogens with two attached hydrogens (primary N) is 1. The molecule has 3 N–H and O–H groups in total. The predicted octanol–water partition coefficient (Wildman–Crippen LogP) is 1.36. The zero-order valence-electron chi connectivity index (χ0n) is 7.44. The maximum Gasteiger partial charge on any atom is 0.0842 e. The van der Waals surface area contributed by atoms with Gasteiger partial charge in [-0.3, -0.25) is 4.98 Å². The van der Waals surface area contributed by atoms with Crippen LogP contribution in [0.1, 0.15) is 18.6 Å². The van der Waals surface area contributed by atoms with Gasteiger partial charge in [0.05, 0.1) is 11.1 Å². The van der Waals surface area contributed by atoms with Gasteiger partial charge in [-0.25, -0.2) is 0 Å². The van der Waals surface area contributed by atoms with Gasteiger partial charge in [-0.2, -0.15) is 0 Å². The molecule has 2 unspecified atom stereocenters. The number of rotatable bonds is 3. The van der Waals surface area contributed by atoms with Crippen LogP contribution < -0.4 is 5.73 Å². The van der Waals surface area contributed by atoms with Gasteiger partial charge in [-0.05, 0) is 18.5 Å². The first kappa shape index (κ1) is 10.4. The fraction of sp³-hybridized carbons (Fsp3) is 0.444. The number of halogens is 1. The van der Waals surface area contributed by atoms with E-state index >= 15 is 0 Å². The van der Waals surface area contributed by atoms with Crippen LogP contribution in [0, 0.1) is 5.92 Å². The minimum atomic E-state index is -0.587. The summed E-state index contributed by atoms with van der Waals surface area (Å²) in [5, 5.41) is 10.3. The molecule has 0 fully saturated rings. The number of aliphatic hydroxyl groups is 1. The minimum Gasteiger partial charge on any atom is -0.388 e. The molecule has 0 aromatic carbocycles. The molecule has 1 aromatic rings. The molecule has 0 aliphatic rings. The van der Waals surface area contributed by atoms with Crippen molar-refractivity contribution < 1.29 is 5.11 Å². The van der Waals surface area contributed by atoms with Crippen molar-refractivity contribution in [1.82, 2.24) is 4.98 Å². The molecule has 1 heterocycles. The molecule has 72 valence electrons. The van der Waals surface area contributed by atoms with Crippen LogP contribution >= 0.6 is 11.6 Å². The molecule has 2 atom stereocenters. The highest BCUT2D eigenvalue weighted by atomic mass is 35.5. The number of pyridine rings is 1. The second-order valence-corrected chi connectivity index (χ2v) is 3.53. The molecular weight excluding hydrogens is 188 g/mol. The number of aromatic nitrogens is 1. The SMILES string of the molecule is CC(CN)C(O)c1cncc(Cl)c1. The molecule has 0 saturated heterocycles. The third-order valence-corrected chi connectivity index (χ3v) is 2.19. The van der Waals surface area contributed by atoms with E-state index in [1.165, 1.54) is 6.20 Å². The van der Waals surface area contributed by atoms with Crippen LogP contribution in [-0.4, -0.2) is 16.6 Å². The Kier molecular flexibility index (Phi) is 3.66. The summed E-state index contributed by atoms with van der Waals surface area (Å²) in [6.07, 6.45) is 2.55. The molecule has 0 aliphatic carbocycles. The molecule has 0 bridgehead atoms. The van der Waals surface area contributed by atoms with Gasteiger partial charge < -0.3 is 10.8 Å². The van der Waals surface area contributed by atoms with Crippen molar-refractivity contribution in [3.63, 3.8) is 0 Å². The maximum absolute atomic E-state index is 9.73. The van der Waals surface area contributed by atoms with Crippen LogP contribution in [0.3, 0.4) is 0 Å². The van der Waals surface area contributed by atoms with Crippen molar-refractivity contribution in [2.24, 2.45) is 11.7 Å². The highest BCUT2D eigenvalue weighted by Gasteiger charge is 2.15. The zero-order valence-corrected chi connectivity index (χ0v) is 8.20. The van der Waals surface area contributed by atoms with Crippen LogP contribution in [0.15, 0.2) is 18.5 Å². The summed E-state index contributed by atoms with van der Waals surface area (Å²) in [5.41, 5.74) is 6.15. The van der Waals surface area contributed by atoms with Crippen molar-refractivity contribution in [3.8, 4) is 0 Å². The van der Waals surface area contributed by atoms with E-state index in [1.807, 2.05) is 6.92 Å². The van der Waals surface area contributed by atoms with E-state index in [0.717, 1.165) is 0 Å². The van der Waals surface area contributed by atoms with E-state index in [9.17, 15) is 5.11 Å². The van der Waals surface area contributed by atoms with E-state index in [4.69, 9.17) is 17.3 Å². The van der Waals surface area contributed by atoms with E-state index < -0.39 is 6.10 Å². The van der Waals surface area contributed by atoms with E-state index in [2.05, 4.69) is 4.98 Å². The fourth-order valence-corrected chi connectivity index (χ4v) is 1.23. The van der Waals surface area contributed by atoms with E-state index in [0.29, 0.717) is 17.1 Å². The summed E-state index contributed by atoms with van der Waals surface area (Å²) in [7, 11) is 0. The van der Waals surface area contributed by atoms with E-state index in [-0.39, 0.29) is 5.92 Å². The Balaban J connectivity index is 2.82. The zero-order chi connectivity index (χ0) is 9.84. The smallest absolute Gasteiger partial charge is 0.0842 e. The number of aliphatic hydroxyl groups excluding tert-OH is 1. The molecule has 0 aliphatic heterocycles. The van der Waals surface area contributed by atoms with Crippen molar-refractivity contribution >= 4 is 11.6 Å². The average molecular weight is 201 g/mol. The maximum atomic E-state index is 9.73. The lowest BCUT2D eigenvalue weighted by molar-refractivity contribution is 0.121. The summed E-state index contributed by atoms with van der Waals surface area (Å²) in [6, 6.07) is 1.70. The van der Waals surface area contributed by atoms with Crippen molar-refractivity contribution in [2.45, 2.75) is 13.0 Å². The average Bonchev–Trinajstić information content (AvgIpc) is 2.15. The Morgan fingerprint density at radius 3 is 2.85 bits per heavy atom. The molecule has 1 rings (SSSR count). The number of hydrogen-bond donors (Lipinski definition) is 2. The molecule has 0 spiro atoms. The van der Waals surface area contributed by atoms with Crippen LogP contribution in [0.5, 0.6) is 0 Å². The predicted molar refractivity (Wildman–Crippen MR) is 52.4 cm³/mol. The minimum absolute atomic E-state index is 0.0141. The summed E-state index contributed by atoms with van der Waals surface area (Å²) >= 11 is 5.73. The lowest BCUT2D eigenvalue weighted by Crippen LogP contribution is -2.18. The van der Waals surface area contributed by atoms with Gasteiger partial charge in [0.2, 0.25) is 0 Å². The van der Waals surface area contributed by atoms with E-state index in [1.54, 1.807) is 12.3 Å². The Morgan fingerprint density at radius 1 is 1.62 bits per heavy atom. The fourth-order valence-electron chi connectivity index (χ4n) is 1.05. The molecule has 0 radical (unpaired) electrons. The summed E-state index contributed by atoms with van der Waals surface area (Å²) in [4.78, 5) is 3.89. The van der Waals surface area contributed by atoms with Crippen LogP contribution in [0.25, 0.3) is 0 Å². The molecular formula is C9H13ClN2O. The third-order valence-electron chi connectivity index (χ3n) is 1.98. The van der Waals surface area contributed by atoms with Crippen LogP contribution in [0.2, 0.25) is 5.02 Å². The quantitative estimate of drug-likeness (QED) is 0.775. The topological polar surface area (TPSA) is 59.1 Å². The lowest BCUT2D eigenvalue weighted by Gasteiger charge is -2.16. The summed E-state index contributed by atoms with van der Waals surface area (Å²) in [6.45, 7) is 2.32. The number of nitrogens with zero attached hydrogens (tertiary/aromatic N) is 1. The van der Waals surface area contributed by atoms with Gasteiger partial charge in [0, 0.05) is 18.0 Å². The Bertz CT molecular complexity index is 280. The highest BCUT2D eigenvalue weighted by Crippen LogP contribution is 2.22. The molecule has 0 saturated carbocycles. The standard InChI is InChI=1S/C9H13ClN2O/c1-6(3-11)9(13)7-2-8(10)5-12-4-7/h2,4-6,9,13H,3,11H2,1H3. The van der Waals surface area contributed by atoms with Gasteiger partial charge in [-0.15, -0.1) is 0 Å². The summed E-state index contributed by atoms with van der Waals surface area (Å²) in [5.74, 6) is 0.0141. The Hall–Kier alpha value is -0.640. The van der Waals surface area contributed by atoms with Crippen LogP contribution in [0.4, 0.5) is 0 Å². The van der Waals surface area contributed by atoms with Gasteiger partial charge >= 0.3 is 0 Å². The molecule has 0 amide bonds. The van der Waals surface area contributed by atoms with Crippen molar-refractivity contribution in [1.29, 1.82) is 0 Å². The molecule has 13 heavy (non-hydrogen) atoms. The van der Waals surface area contributed by atoms with Crippen molar-refractivity contribution in [2.75, 3.05) is 6.54 Å². The molecule has 3 nitrogen and oxygen atoms in total. The van der Waals surface area contributed by atoms with Gasteiger partial charge in [-0.1, -0.05) is 18.5 Å². The Morgan fingerprint density at radius 2 is 2.31 bits per heavy atom. The molecule has 4 heteroatoms. The largest absolute Gasteiger partial charge is 0.388 e. The van der Waals surface area contributed by atoms with Crippen LogP contribution in [-0.2, 0) is 0 Å². The first-order valence-electron chi connectivity index (χ1n) is 4.13. The second kappa shape index (κ2) is 4.56. The lowest BCUT2D eigenvalue weighted by atomic mass is 9.99. The normalized spacial score (nSPS) is 15.4. The Labute approximate surface area is 82.5 Å². The first-order chi connectivity index (χ1) is 6.15.